The van der Waals surface area contributed by atoms with Crippen molar-refractivity contribution in [1.29, 1.82) is 0 Å². The van der Waals surface area contributed by atoms with Gasteiger partial charge in [0.05, 0.1) is 0 Å². The third-order valence-corrected chi connectivity index (χ3v) is 12.2. The highest BCUT2D eigenvalue weighted by Crippen LogP contribution is 2.15. The van der Waals surface area contributed by atoms with E-state index in [1.54, 1.807) is 0 Å². The molecule has 386 valence electrons. The van der Waals surface area contributed by atoms with E-state index in [-0.39, 0.29) is 37.5 Å². The molecular weight excluding hydrogens is 829 g/mol. The molecule has 0 saturated heterocycles. The van der Waals surface area contributed by atoms with Gasteiger partial charge >= 0.3 is 17.9 Å². The first-order valence-corrected chi connectivity index (χ1v) is 28.5. The molecule has 6 heteroatoms. The number of unbranched alkanes of at least 4 members (excludes halogenated alkanes) is 29. The van der Waals surface area contributed by atoms with Gasteiger partial charge in [0.1, 0.15) is 13.2 Å². The molecule has 0 aliphatic heterocycles. The minimum atomic E-state index is -0.803. The molecule has 0 aliphatic carbocycles. The van der Waals surface area contributed by atoms with E-state index < -0.39 is 6.10 Å². The van der Waals surface area contributed by atoms with Crippen LogP contribution in [0.3, 0.4) is 0 Å². The van der Waals surface area contributed by atoms with Crippen LogP contribution in [0.4, 0.5) is 0 Å². The predicted molar refractivity (Wildman–Crippen MR) is 288 cm³/mol. The van der Waals surface area contributed by atoms with Gasteiger partial charge in [0.2, 0.25) is 0 Å². The Bertz CT molecular complexity index is 1260. The largest absolute Gasteiger partial charge is 0.462 e. The van der Waals surface area contributed by atoms with Crippen molar-refractivity contribution < 1.29 is 28.6 Å². The van der Waals surface area contributed by atoms with Gasteiger partial charge in [-0.15, -0.1) is 0 Å². The van der Waals surface area contributed by atoms with Crippen LogP contribution in [0.1, 0.15) is 278 Å². The van der Waals surface area contributed by atoms with Gasteiger partial charge in [-0.2, -0.15) is 0 Å². The van der Waals surface area contributed by atoms with Crippen LogP contribution in [-0.4, -0.2) is 37.2 Å². The molecule has 0 spiro atoms. The first-order valence-electron chi connectivity index (χ1n) is 28.5. The van der Waals surface area contributed by atoms with E-state index in [2.05, 4.69) is 93.7 Å². The van der Waals surface area contributed by atoms with E-state index in [1.807, 2.05) is 0 Å². The molecule has 0 aromatic heterocycles. The van der Waals surface area contributed by atoms with Crippen LogP contribution in [0, 0.1) is 0 Å². The minimum Gasteiger partial charge on any atom is -0.462 e. The summed E-state index contributed by atoms with van der Waals surface area (Å²) in [7, 11) is 0. The Morgan fingerprint density at radius 2 is 0.597 bits per heavy atom. The van der Waals surface area contributed by atoms with Crippen LogP contribution in [-0.2, 0) is 28.6 Å². The second-order valence-electron chi connectivity index (χ2n) is 18.9. The van der Waals surface area contributed by atoms with Crippen molar-refractivity contribution >= 4 is 17.9 Å². The standard InChI is InChI=1S/C61H106O6/c1-4-7-10-13-16-19-22-25-27-29-30-32-33-36-39-42-45-48-51-54-60(63)66-57-58(56-65-59(62)53-50-47-44-41-38-35-24-21-18-15-12-9-6-3)67-61(64)55-52-49-46-43-40-37-34-31-28-26-23-20-17-14-11-8-5-2/h16-17,19-20,22,25-26,28,34,37,43,46,58H,4-15,18,21,23-24,27,29-33,35-36,38-42,44-45,47-57H2,1-3H3/b19-16-,20-17-,25-22-,28-26-,37-34-,46-43-. The Labute approximate surface area is 414 Å². The minimum absolute atomic E-state index is 0.0959. The Hall–Kier alpha value is -3.15. The number of hydrogen-bond acceptors (Lipinski definition) is 6. The smallest absolute Gasteiger partial charge is 0.306 e. The van der Waals surface area contributed by atoms with E-state index in [9.17, 15) is 14.4 Å². The fourth-order valence-electron chi connectivity index (χ4n) is 7.90. The Balaban J connectivity index is 4.44. The van der Waals surface area contributed by atoms with E-state index >= 15 is 0 Å². The summed E-state index contributed by atoms with van der Waals surface area (Å²) < 4.78 is 16.8. The van der Waals surface area contributed by atoms with Gasteiger partial charge < -0.3 is 14.2 Å². The molecule has 0 fully saturated rings. The van der Waals surface area contributed by atoms with Crippen molar-refractivity contribution in [3.63, 3.8) is 0 Å². The lowest BCUT2D eigenvalue weighted by molar-refractivity contribution is -0.167. The maximum Gasteiger partial charge on any atom is 0.306 e. The highest BCUT2D eigenvalue weighted by Gasteiger charge is 2.19. The van der Waals surface area contributed by atoms with Crippen molar-refractivity contribution in [3.05, 3.63) is 72.9 Å². The summed E-state index contributed by atoms with van der Waals surface area (Å²) in [4.78, 5) is 38.1. The maximum absolute atomic E-state index is 12.8. The molecule has 0 rings (SSSR count). The van der Waals surface area contributed by atoms with Gasteiger partial charge in [-0.3, -0.25) is 14.4 Å². The summed E-state index contributed by atoms with van der Waals surface area (Å²) in [6, 6.07) is 0. The Kier molecular flexibility index (Phi) is 52.8. The number of ether oxygens (including phenoxy) is 3. The topological polar surface area (TPSA) is 78.9 Å². The number of hydrogen-bond donors (Lipinski definition) is 0. The third kappa shape index (κ3) is 53.7. The fraction of sp³-hybridized carbons (Fsp3) is 0.754. The zero-order valence-electron chi connectivity index (χ0n) is 44.2. The summed E-state index contributed by atoms with van der Waals surface area (Å²) in [6.45, 7) is 6.55. The molecular formula is C61H106O6. The summed E-state index contributed by atoms with van der Waals surface area (Å²) >= 11 is 0. The average Bonchev–Trinajstić information content (AvgIpc) is 3.33. The van der Waals surface area contributed by atoms with Gasteiger partial charge in [-0.05, 0) is 83.5 Å². The summed E-state index contributed by atoms with van der Waals surface area (Å²) in [6.07, 6.45) is 70.3. The van der Waals surface area contributed by atoms with Crippen molar-refractivity contribution in [3.8, 4) is 0 Å². The van der Waals surface area contributed by atoms with Crippen LogP contribution in [0.15, 0.2) is 72.9 Å². The molecule has 1 atom stereocenters. The van der Waals surface area contributed by atoms with Gasteiger partial charge in [0, 0.05) is 19.3 Å². The molecule has 0 N–H and O–H groups in total. The van der Waals surface area contributed by atoms with Crippen LogP contribution in [0.2, 0.25) is 0 Å². The third-order valence-electron chi connectivity index (χ3n) is 12.2. The number of carbonyl (C=O) groups is 3. The average molecular weight is 936 g/mol. The normalized spacial score (nSPS) is 12.6. The summed E-state index contributed by atoms with van der Waals surface area (Å²) in [5.74, 6) is -0.948. The lowest BCUT2D eigenvalue weighted by atomic mass is 10.0. The van der Waals surface area contributed by atoms with Gasteiger partial charge in [-0.25, -0.2) is 0 Å². The van der Waals surface area contributed by atoms with Crippen LogP contribution < -0.4 is 0 Å². The molecule has 0 saturated carbocycles. The van der Waals surface area contributed by atoms with Gasteiger partial charge in [0.15, 0.2) is 6.10 Å². The summed E-state index contributed by atoms with van der Waals surface area (Å²) in [5, 5.41) is 0. The molecule has 0 aliphatic rings. The zero-order chi connectivity index (χ0) is 48.6. The SMILES string of the molecule is CCCCC/C=C\C=C/CCCCCCCCCCCCC(=O)OCC(COC(=O)CCCCCCCCCCCCCCC)OC(=O)CCC/C=C\C/C=C\C/C=C\C/C=C\CCCCC. The van der Waals surface area contributed by atoms with Crippen molar-refractivity contribution in [2.75, 3.05) is 13.2 Å². The van der Waals surface area contributed by atoms with Crippen LogP contribution >= 0.6 is 0 Å². The van der Waals surface area contributed by atoms with Crippen molar-refractivity contribution in [1.82, 2.24) is 0 Å². The highest BCUT2D eigenvalue weighted by molar-refractivity contribution is 5.71. The van der Waals surface area contributed by atoms with Crippen molar-refractivity contribution in [2.24, 2.45) is 0 Å². The predicted octanol–water partition coefficient (Wildman–Crippen LogP) is 19.0. The number of rotatable bonds is 51. The first kappa shape index (κ1) is 63.8. The van der Waals surface area contributed by atoms with Crippen LogP contribution in [0.5, 0.6) is 0 Å². The Morgan fingerprint density at radius 3 is 1.00 bits per heavy atom. The van der Waals surface area contributed by atoms with E-state index in [1.165, 1.54) is 167 Å². The molecule has 0 aromatic rings. The quantitative estimate of drug-likeness (QED) is 0.0199. The summed E-state index contributed by atoms with van der Waals surface area (Å²) in [5.41, 5.74) is 0. The molecule has 6 nitrogen and oxygen atoms in total. The maximum atomic E-state index is 12.8. The van der Waals surface area contributed by atoms with Crippen LogP contribution in [0.25, 0.3) is 0 Å². The molecule has 0 bridgehead atoms. The van der Waals surface area contributed by atoms with Crippen molar-refractivity contribution in [2.45, 2.75) is 284 Å². The highest BCUT2D eigenvalue weighted by atomic mass is 16.6. The zero-order valence-corrected chi connectivity index (χ0v) is 44.2. The number of allylic oxidation sites excluding steroid dienone is 12. The second kappa shape index (κ2) is 55.4. The molecule has 0 radical (unpaired) electrons. The molecule has 1 unspecified atom stereocenters. The molecule has 0 aromatic carbocycles. The Morgan fingerprint density at radius 1 is 0.313 bits per heavy atom. The van der Waals surface area contributed by atoms with Gasteiger partial charge in [-0.1, -0.05) is 248 Å². The monoisotopic (exact) mass is 935 g/mol. The molecule has 0 heterocycles. The van der Waals surface area contributed by atoms with Gasteiger partial charge in [0.25, 0.3) is 0 Å². The van der Waals surface area contributed by atoms with E-state index in [0.717, 1.165) is 64.2 Å². The first-order chi connectivity index (χ1) is 33.0. The lowest BCUT2D eigenvalue weighted by Crippen LogP contribution is -2.30. The second-order valence-corrected chi connectivity index (χ2v) is 18.9. The van der Waals surface area contributed by atoms with E-state index in [4.69, 9.17) is 14.2 Å². The van der Waals surface area contributed by atoms with E-state index in [0.29, 0.717) is 19.3 Å². The number of carbonyl (C=O) groups excluding carboxylic acids is 3. The fourth-order valence-corrected chi connectivity index (χ4v) is 7.90. The number of esters is 3. The lowest BCUT2D eigenvalue weighted by Gasteiger charge is -2.18. The molecule has 67 heavy (non-hydrogen) atoms. The molecule has 0 amide bonds.